The maximum atomic E-state index is 13.1. The first-order chi connectivity index (χ1) is 16.0. The smallest absolute Gasteiger partial charge is 0.229 e. The predicted molar refractivity (Wildman–Crippen MR) is 128 cm³/mol. The molecule has 7 nitrogen and oxygen atoms in total. The van der Waals surface area contributed by atoms with Gasteiger partial charge in [-0.2, -0.15) is 0 Å². The van der Waals surface area contributed by atoms with Gasteiger partial charge in [0.2, 0.25) is 17.7 Å². The number of nitrogens with one attached hydrogen (secondary N) is 1. The summed E-state index contributed by atoms with van der Waals surface area (Å²) in [5.41, 5.74) is 3.13. The molecule has 1 aliphatic carbocycles. The molecule has 2 aliphatic heterocycles. The Hall–Kier alpha value is -2.74. The van der Waals surface area contributed by atoms with Crippen LogP contribution in [-0.2, 0) is 27.2 Å². The van der Waals surface area contributed by atoms with Gasteiger partial charge in [0.05, 0.1) is 11.6 Å². The second-order valence-corrected chi connectivity index (χ2v) is 10.5. The Morgan fingerprint density at radius 1 is 1.06 bits per heavy atom. The van der Waals surface area contributed by atoms with Crippen LogP contribution in [-0.4, -0.2) is 47.2 Å². The number of piperidine rings is 1. The molecular formula is C25H30N4O3S. The summed E-state index contributed by atoms with van der Waals surface area (Å²) in [6.07, 6.45) is 5.98. The van der Waals surface area contributed by atoms with E-state index in [0.29, 0.717) is 37.6 Å². The molecule has 174 valence electrons. The number of anilines is 2. The van der Waals surface area contributed by atoms with Crippen LogP contribution >= 0.6 is 11.3 Å². The number of likely N-dealkylation sites (tertiary alicyclic amines) is 1. The number of hydrogen-bond acceptors (Lipinski definition) is 5. The fraction of sp³-hybridized carbons (Fsp3) is 0.520. The Labute approximate surface area is 198 Å². The Kier molecular flexibility index (Phi) is 6.19. The van der Waals surface area contributed by atoms with Crippen LogP contribution in [0.2, 0.25) is 0 Å². The molecule has 1 aromatic carbocycles. The average Bonchev–Trinajstić information content (AvgIpc) is 3.42. The number of hydrogen-bond donors (Lipinski definition) is 1. The van der Waals surface area contributed by atoms with Crippen molar-refractivity contribution in [1.82, 2.24) is 9.88 Å². The van der Waals surface area contributed by atoms with E-state index in [1.807, 2.05) is 36.1 Å². The van der Waals surface area contributed by atoms with Gasteiger partial charge in [0.1, 0.15) is 0 Å². The minimum atomic E-state index is -0.314. The summed E-state index contributed by atoms with van der Waals surface area (Å²) in [5, 5.41) is 3.73. The molecule has 1 unspecified atom stereocenters. The van der Waals surface area contributed by atoms with E-state index in [1.165, 1.54) is 17.7 Å². The number of aromatic nitrogens is 1. The molecule has 0 radical (unpaired) electrons. The van der Waals surface area contributed by atoms with Crippen LogP contribution in [0.3, 0.4) is 0 Å². The number of amides is 3. The Morgan fingerprint density at radius 2 is 1.79 bits per heavy atom. The molecule has 1 N–H and O–H groups in total. The third kappa shape index (κ3) is 4.67. The third-order valence-electron chi connectivity index (χ3n) is 7.07. The summed E-state index contributed by atoms with van der Waals surface area (Å²) in [7, 11) is 0. The standard InChI is InChI=1S/C25H30N4O3S/c1-16-6-8-19(9-7-16)29-15-18(14-22(29)30)24(32)28-12-10-17(11-13-28)23(31)27-25-26-20-4-2-3-5-21(20)33-25/h6-9,17-18H,2-5,10-15H2,1H3,(H,26,27,31). The van der Waals surface area contributed by atoms with Gasteiger partial charge in [-0.3, -0.25) is 14.4 Å². The fourth-order valence-electron chi connectivity index (χ4n) is 5.08. The van der Waals surface area contributed by atoms with Crippen molar-refractivity contribution in [1.29, 1.82) is 0 Å². The molecule has 2 aromatic rings. The Bertz CT molecular complexity index is 1030. The van der Waals surface area contributed by atoms with Gasteiger partial charge in [0.15, 0.2) is 5.13 Å². The average molecular weight is 467 g/mol. The van der Waals surface area contributed by atoms with E-state index in [4.69, 9.17) is 0 Å². The topological polar surface area (TPSA) is 82.6 Å². The minimum Gasteiger partial charge on any atom is -0.342 e. The molecule has 2 saturated heterocycles. The van der Waals surface area contributed by atoms with E-state index in [-0.39, 0.29) is 36.0 Å². The molecule has 2 fully saturated rings. The quantitative estimate of drug-likeness (QED) is 0.747. The lowest BCUT2D eigenvalue weighted by Crippen LogP contribution is -2.44. The van der Waals surface area contributed by atoms with Crippen LogP contribution in [0.4, 0.5) is 10.8 Å². The zero-order valence-corrected chi connectivity index (χ0v) is 19.8. The number of benzene rings is 1. The highest BCUT2D eigenvalue weighted by Crippen LogP contribution is 2.31. The van der Waals surface area contributed by atoms with Crippen molar-refractivity contribution in [3.8, 4) is 0 Å². The second-order valence-electron chi connectivity index (χ2n) is 9.43. The minimum absolute atomic E-state index is 0.00221. The summed E-state index contributed by atoms with van der Waals surface area (Å²) < 4.78 is 0. The largest absolute Gasteiger partial charge is 0.342 e. The fourth-order valence-corrected chi connectivity index (χ4v) is 6.13. The third-order valence-corrected chi connectivity index (χ3v) is 8.15. The molecule has 0 spiro atoms. The van der Waals surface area contributed by atoms with Crippen molar-refractivity contribution >= 4 is 39.9 Å². The second kappa shape index (κ2) is 9.25. The number of carbonyl (C=O) groups is 3. The summed E-state index contributed by atoms with van der Waals surface area (Å²) in [5.74, 6) is -0.383. The maximum Gasteiger partial charge on any atom is 0.229 e. The monoisotopic (exact) mass is 466 g/mol. The maximum absolute atomic E-state index is 13.1. The van der Waals surface area contributed by atoms with Crippen LogP contribution in [0, 0.1) is 18.8 Å². The first-order valence-corrected chi connectivity index (χ1v) is 12.7. The summed E-state index contributed by atoms with van der Waals surface area (Å²) in [4.78, 5) is 47.9. The molecule has 33 heavy (non-hydrogen) atoms. The molecule has 8 heteroatoms. The SMILES string of the molecule is Cc1ccc(N2CC(C(=O)N3CCC(C(=O)Nc4nc5c(s4)CCCC5)CC3)CC2=O)cc1. The van der Waals surface area contributed by atoms with E-state index >= 15 is 0 Å². The molecule has 1 aromatic heterocycles. The van der Waals surface area contributed by atoms with Crippen LogP contribution in [0.5, 0.6) is 0 Å². The number of thiazole rings is 1. The van der Waals surface area contributed by atoms with Gasteiger partial charge in [-0.1, -0.05) is 17.7 Å². The molecule has 5 rings (SSSR count). The van der Waals surface area contributed by atoms with Crippen molar-refractivity contribution in [3.63, 3.8) is 0 Å². The molecule has 0 saturated carbocycles. The lowest BCUT2D eigenvalue weighted by molar-refractivity contribution is -0.138. The van der Waals surface area contributed by atoms with Crippen molar-refractivity contribution in [2.75, 3.05) is 29.9 Å². The molecular weight excluding hydrogens is 436 g/mol. The highest BCUT2D eigenvalue weighted by Gasteiger charge is 2.38. The van der Waals surface area contributed by atoms with Crippen molar-refractivity contribution in [3.05, 3.63) is 40.4 Å². The molecule has 3 amide bonds. The van der Waals surface area contributed by atoms with E-state index in [2.05, 4.69) is 10.3 Å². The van der Waals surface area contributed by atoms with E-state index in [0.717, 1.165) is 29.8 Å². The normalized spacial score (nSPS) is 21.2. The molecule has 3 heterocycles. The van der Waals surface area contributed by atoms with Crippen LogP contribution < -0.4 is 10.2 Å². The van der Waals surface area contributed by atoms with Gasteiger partial charge in [0, 0.05) is 42.5 Å². The van der Waals surface area contributed by atoms with Crippen molar-refractivity contribution in [2.45, 2.75) is 51.9 Å². The number of fused-ring (bicyclic) bond motifs is 1. The summed E-state index contributed by atoms with van der Waals surface area (Å²) >= 11 is 1.60. The van der Waals surface area contributed by atoms with E-state index in [1.54, 1.807) is 16.2 Å². The zero-order chi connectivity index (χ0) is 22.9. The number of carbonyl (C=O) groups excluding carboxylic acids is 3. The molecule has 3 aliphatic rings. The lowest BCUT2D eigenvalue weighted by Gasteiger charge is -2.32. The number of aryl methyl sites for hydroxylation is 3. The first kappa shape index (κ1) is 22.1. The van der Waals surface area contributed by atoms with Gasteiger partial charge >= 0.3 is 0 Å². The highest BCUT2D eigenvalue weighted by molar-refractivity contribution is 7.15. The van der Waals surface area contributed by atoms with Gasteiger partial charge in [-0.05, 0) is 57.6 Å². The zero-order valence-electron chi connectivity index (χ0n) is 19.0. The molecule has 0 bridgehead atoms. The van der Waals surface area contributed by atoms with Crippen molar-refractivity contribution < 1.29 is 14.4 Å². The Morgan fingerprint density at radius 3 is 2.52 bits per heavy atom. The Balaban J connectivity index is 1.13. The predicted octanol–water partition coefficient (Wildman–Crippen LogP) is 3.56. The van der Waals surface area contributed by atoms with Crippen LogP contribution in [0.25, 0.3) is 0 Å². The van der Waals surface area contributed by atoms with Gasteiger partial charge in [-0.25, -0.2) is 4.98 Å². The summed E-state index contributed by atoms with van der Waals surface area (Å²) in [6.45, 7) is 3.55. The first-order valence-electron chi connectivity index (χ1n) is 11.9. The number of nitrogens with zero attached hydrogens (tertiary/aromatic N) is 3. The highest BCUT2D eigenvalue weighted by atomic mass is 32.1. The van der Waals surface area contributed by atoms with Crippen LogP contribution in [0.1, 0.15) is 48.2 Å². The van der Waals surface area contributed by atoms with Gasteiger partial charge < -0.3 is 15.1 Å². The van der Waals surface area contributed by atoms with Crippen LogP contribution in [0.15, 0.2) is 24.3 Å². The molecule has 1 atom stereocenters. The van der Waals surface area contributed by atoms with Crippen molar-refractivity contribution in [2.24, 2.45) is 11.8 Å². The van der Waals surface area contributed by atoms with E-state index < -0.39 is 0 Å². The lowest BCUT2D eigenvalue weighted by atomic mass is 9.94. The van der Waals surface area contributed by atoms with E-state index in [9.17, 15) is 14.4 Å². The number of rotatable bonds is 4. The van der Waals surface area contributed by atoms with Gasteiger partial charge in [-0.15, -0.1) is 11.3 Å². The van der Waals surface area contributed by atoms with Gasteiger partial charge in [0.25, 0.3) is 0 Å². The summed E-state index contributed by atoms with van der Waals surface area (Å²) in [6, 6.07) is 7.83.